The largest absolute Gasteiger partial charge is 0.203 e. The fourth-order valence-electron chi connectivity index (χ4n) is 4.02. The molecule has 134 valence electrons. The Morgan fingerprint density at radius 2 is 1.56 bits per heavy atom. The van der Waals surface area contributed by atoms with Crippen LogP contribution in [0.5, 0.6) is 0 Å². The van der Waals surface area contributed by atoms with Crippen LogP contribution in [0.2, 0.25) is 6.04 Å². The molecule has 3 rings (SSSR count). The Balaban J connectivity index is 1.59. The molecular formula is C22H28F2Si. The van der Waals surface area contributed by atoms with E-state index in [0.29, 0.717) is 23.5 Å². The lowest BCUT2D eigenvalue weighted by Crippen LogP contribution is -2.12. The van der Waals surface area contributed by atoms with Crippen molar-refractivity contribution < 1.29 is 8.78 Å². The first-order chi connectivity index (χ1) is 12.1. The third-order valence-corrected chi connectivity index (χ3v) is 7.07. The SMILES string of the molecule is Cc1ccc(CCc2ccc(C3CCC(C[SiH3])CC3)cc2)c(F)c1F. The highest BCUT2D eigenvalue weighted by Gasteiger charge is 2.21. The molecule has 0 N–H and O–H groups in total. The Bertz CT molecular complexity index is 701. The van der Waals surface area contributed by atoms with Crippen LogP contribution >= 0.6 is 0 Å². The van der Waals surface area contributed by atoms with Gasteiger partial charge in [-0.1, -0.05) is 55.3 Å². The second kappa shape index (κ2) is 8.26. The van der Waals surface area contributed by atoms with Gasteiger partial charge >= 0.3 is 0 Å². The number of benzene rings is 2. The molecule has 2 aromatic carbocycles. The molecule has 1 aliphatic carbocycles. The van der Waals surface area contributed by atoms with Gasteiger partial charge in [0.15, 0.2) is 11.6 Å². The number of halogens is 2. The van der Waals surface area contributed by atoms with E-state index in [-0.39, 0.29) is 0 Å². The van der Waals surface area contributed by atoms with E-state index in [1.54, 1.807) is 19.1 Å². The highest BCUT2D eigenvalue weighted by molar-refractivity contribution is 6.08. The monoisotopic (exact) mass is 358 g/mol. The molecule has 25 heavy (non-hydrogen) atoms. The maximum atomic E-state index is 14.0. The summed E-state index contributed by atoms with van der Waals surface area (Å²) in [5.74, 6) is 0.291. The van der Waals surface area contributed by atoms with Gasteiger partial charge in [0.05, 0.1) is 0 Å². The quantitative estimate of drug-likeness (QED) is 0.651. The van der Waals surface area contributed by atoms with Crippen molar-refractivity contribution in [3.05, 3.63) is 70.3 Å². The van der Waals surface area contributed by atoms with E-state index in [4.69, 9.17) is 0 Å². The summed E-state index contributed by atoms with van der Waals surface area (Å²) < 4.78 is 27.6. The van der Waals surface area contributed by atoms with Crippen LogP contribution in [0.1, 0.15) is 53.9 Å². The molecule has 0 spiro atoms. The highest BCUT2D eigenvalue weighted by Crippen LogP contribution is 2.36. The van der Waals surface area contributed by atoms with Crippen LogP contribution in [-0.4, -0.2) is 10.2 Å². The first kappa shape index (κ1) is 18.3. The average Bonchev–Trinajstić information content (AvgIpc) is 2.66. The molecule has 1 saturated carbocycles. The summed E-state index contributed by atoms with van der Waals surface area (Å²) in [6.07, 6.45) is 6.68. The number of aryl methyl sites for hydroxylation is 3. The van der Waals surface area contributed by atoms with Gasteiger partial charge in [0.25, 0.3) is 0 Å². The maximum Gasteiger partial charge on any atom is 0.162 e. The van der Waals surface area contributed by atoms with Crippen molar-refractivity contribution in [3.8, 4) is 0 Å². The molecule has 0 nitrogen and oxygen atoms in total. The van der Waals surface area contributed by atoms with Gasteiger partial charge in [-0.3, -0.25) is 0 Å². The van der Waals surface area contributed by atoms with Crippen LogP contribution in [0.25, 0.3) is 0 Å². The Morgan fingerprint density at radius 1 is 0.880 bits per heavy atom. The topological polar surface area (TPSA) is 0 Å². The molecule has 0 amide bonds. The smallest absolute Gasteiger partial charge is 0.162 e. The second-order valence-corrected chi connectivity index (χ2v) is 8.35. The molecule has 1 aliphatic rings. The third kappa shape index (κ3) is 4.38. The summed E-state index contributed by atoms with van der Waals surface area (Å²) in [6, 6.07) is 13.6. The molecule has 0 unspecified atom stereocenters. The normalized spacial score (nSPS) is 20.8. The fraction of sp³-hybridized carbons (Fsp3) is 0.455. The minimum absolute atomic E-state index is 0.366. The Kier molecular flexibility index (Phi) is 6.05. The predicted molar refractivity (Wildman–Crippen MR) is 104 cm³/mol. The van der Waals surface area contributed by atoms with Crippen molar-refractivity contribution in [2.24, 2.45) is 5.92 Å². The van der Waals surface area contributed by atoms with Crippen LogP contribution in [-0.2, 0) is 12.8 Å². The van der Waals surface area contributed by atoms with Crippen LogP contribution < -0.4 is 0 Å². The number of rotatable bonds is 5. The molecule has 0 radical (unpaired) electrons. The number of hydrogen-bond donors (Lipinski definition) is 0. The lowest BCUT2D eigenvalue weighted by Gasteiger charge is -2.28. The number of hydrogen-bond acceptors (Lipinski definition) is 0. The van der Waals surface area contributed by atoms with Crippen molar-refractivity contribution in [1.29, 1.82) is 0 Å². The summed E-state index contributed by atoms with van der Waals surface area (Å²) in [4.78, 5) is 0. The molecule has 0 aliphatic heterocycles. The molecule has 0 atom stereocenters. The summed E-state index contributed by atoms with van der Waals surface area (Å²) in [5.41, 5.74) is 3.47. The Labute approximate surface area is 153 Å². The van der Waals surface area contributed by atoms with Gasteiger partial charge < -0.3 is 0 Å². The predicted octanol–water partition coefficient (Wildman–Crippen LogP) is 5.12. The van der Waals surface area contributed by atoms with Gasteiger partial charge in [-0.05, 0) is 66.7 Å². The maximum absolute atomic E-state index is 14.0. The Morgan fingerprint density at radius 3 is 2.20 bits per heavy atom. The third-order valence-electron chi connectivity index (χ3n) is 5.91. The summed E-state index contributed by atoms with van der Waals surface area (Å²) in [5, 5.41) is 0. The van der Waals surface area contributed by atoms with Gasteiger partial charge in [-0.15, -0.1) is 0 Å². The van der Waals surface area contributed by atoms with E-state index in [1.165, 1.54) is 53.1 Å². The van der Waals surface area contributed by atoms with E-state index >= 15 is 0 Å². The summed E-state index contributed by atoms with van der Waals surface area (Å²) >= 11 is 0. The van der Waals surface area contributed by atoms with Gasteiger partial charge in [-0.25, -0.2) is 8.78 Å². The molecular weight excluding hydrogens is 330 g/mol. The minimum Gasteiger partial charge on any atom is -0.203 e. The van der Waals surface area contributed by atoms with E-state index < -0.39 is 11.6 Å². The van der Waals surface area contributed by atoms with E-state index in [1.807, 2.05) is 0 Å². The summed E-state index contributed by atoms with van der Waals surface area (Å²) in [6.45, 7) is 1.59. The first-order valence-electron chi connectivity index (χ1n) is 9.60. The van der Waals surface area contributed by atoms with Gasteiger partial charge in [0.2, 0.25) is 0 Å². The van der Waals surface area contributed by atoms with E-state index in [2.05, 4.69) is 24.3 Å². The van der Waals surface area contributed by atoms with Gasteiger partial charge in [0.1, 0.15) is 0 Å². The van der Waals surface area contributed by atoms with Crippen molar-refractivity contribution in [2.45, 2.75) is 57.4 Å². The highest BCUT2D eigenvalue weighted by atomic mass is 28.1. The fourth-order valence-corrected chi connectivity index (χ4v) is 4.84. The molecule has 0 bridgehead atoms. The van der Waals surface area contributed by atoms with Crippen LogP contribution in [0.15, 0.2) is 36.4 Å². The van der Waals surface area contributed by atoms with Gasteiger partial charge in [-0.2, -0.15) is 0 Å². The molecule has 0 aromatic heterocycles. The minimum atomic E-state index is -0.710. The standard InChI is InChI=1S/C22H28F2Si/c1-15-2-8-20(22(24)21(15)23)13-5-16-3-9-18(10-4-16)19-11-6-17(14-25)7-12-19/h2-4,8-10,17,19H,5-7,11-14H2,1,25H3. The average molecular weight is 359 g/mol. The van der Waals surface area contributed by atoms with Crippen molar-refractivity contribution in [1.82, 2.24) is 0 Å². The lowest BCUT2D eigenvalue weighted by molar-refractivity contribution is 0.348. The second-order valence-electron chi connectivity index (χ2n) is 7.54. The lowest BCUT2D eigenvalue weighted by atomic mass is 9.79. The van der Waals surface area contributed by atoms with E-state index in [9.17, 15) is 8.78 Å². The van der Waals surface area contributed by atoms with E-state index in [0.717, 1.165) is 12.3 Å². The molecule has 0 heterocycles. The zero-order chi connectivity index (χ0) is 17.8. The Hall–Kier alpha value is -1.48. The molecule has 1 fully saturated rings. The van der Waals surface area contributed by atoms with Crippen LogP contribution in [0.4, 0.5) is 8.78 Å². The van der Waals surface area contributed by atoms with Crippen molar-refractivity contribution in [2.75, 3.05) is 0 Å². The molecule has 0 saturated heterocycles. The van der Waals surface area contributed by atoms with Crippen molar-refractivity contribution >= 4 is 10.2 Å². The molecule has 3 heteroatoms. The zero-order valence-electron chi connectivity index (χ0n) is 15.3. The van der Waals surface area contributed by atoms with Crippen molar-refractivity contribution in [3.63, 3.8) is 0 Å². The zero-order valence-corrected chi connectivity index (χ0v) is 17.3. The van der Waals surface area contributed by atoms with Gasteiger partial charge in [0, 0.05) is 10.2 Å². The van der Waals surface area contributed by atoms with Crippen LogP contribution in [0.3, 0.4) is 0 Å². The first-order valence-corrected chi connectivity index (χ1v) is 11.0. The van der Waals surface area contributed by atoms with Crippen LogP contribution in [0, 0.1) is 24.5 Å². The summed E-state index contributed by atoms with van der Waals surface area (Å²) in [7, 11) is 1.33. The molecule has 2 aromatic rings.